The van der Waals surface area contributed by atoms with Crippen LogP contribution in [0.4, 0.5) is 4.39 Å². The third kappa shape index (κ3) is 9.06. The minimum absolute atomic E-state index is 0.508. The fourth-order valence-corrected chi connectivity index (χ4v) is 6.40. The molecule has 0 amide bonds. The molecule has 0 radical (unpaired) electrons. The van der Waals surface area contributed by atoms with Gasteiger partial charge in [-0.1, -0.05) is 0 Å². The Morgan fingerprint density at radius 2 is 0.836 bits per heavy atom. The highest BCUT2D eigenvalue weighted by atomic mass is 19.1. The Morgan fingerprint density at radius 1 is 0.492 bits per heavy atom. The molecule has 0 spiro atoms. The molecule has 0 saturated heterocycles. The van der Waals surface area contributed by atoms with Crippen molar-refractivity contribution in [2.45, 2.75) is 0 Å². The third-order valence-corrected chi connectivity index (χ3v) is 9.51. The van der Waals surface area contributed by atoms with Crippen molar-refractivity contribution in [3.05, 3.63) is 139 Å². The lowest BCUT2D eigenvalue weighted by atomic mass is 10.0. The fourth-order valence-electron chi connectivity index (χ4n) is 6.40. The van der Waals surface area contributed by atoms with Crippen LogP contribution in [0.15, 0.2) is 133 Å². The molecule has 0 unspecified atom stereocenters. The number of halogens is 1. The van der Waals surface area contributed by atoms with E-state index >= 15 is 0 Å². The summed E-state index contributed by atoms with van der Waals surface area (Å²) in [4.78, 5) is 19.6. The van der Waals surface area contributed by atoms with Crippen LogP contribution >= 0.6 is 0 Å². The maximum Gasteiger partial charge on any atom is 0.204 e. The van der Waals surface area contributed by atoms with Gasteiger partial charge in [0.25, 0.3) is 0 Å². The Hall–Kier alpha value is -8.31. The lowest BCUT2D eigenvalue weighted by molar-refractivity contribution is 0.414. The number of hydrogen-bond donors (Lipinski definition) is 1. The van der Waals surface area contributed by atoms with E-state index < -0.39 is 7.15 Å². The Kier molecular flexibility index (Phi) is 12.3. The molecule has 0 aliphatic carbocycles. The van der Waals surface area contributed by atoms with Crippen LogP contribution in [0.3, 0.4) is 0 Å². The van der Waals surface area contributed by atoms with Gasteiger partial charge in [-0.3, -0.25) is 4.39 Å². The van der Waals surface area contributed by atoms with E-state index in [-0.39, 0.29) is 0 Å². The highest BCUT2D eigenvalue weighted by Gasteiger charge is 2.17. The largest absolute Gasteiger partial charge is 0.497 e. The number of aromatic nitrogens is 8. The standard InChI is InChI=1S/C23H18N6O2.C23H17N3O2.CH3F/c1-30-17-8-3-14(4-9-17)21-22(15-5-10-18(31-2)11-6-15)25-20-13-16(7-12-19(20)24-21)23-26-28-29-27-23;1-27-18-8-4-16(5-9-18)22-23(17-6-10-19(28-2)11-7-17)26-21-13-15(14-24)3-12-20(21)25-22;1-2/h3-13H,1-2H3,(H,26,27,28,29);3-13H,1-2H3;1H3/i;;1D. The van der Waals surface area contributed by atoms with Crippen LogP contribution in [-0.4, -0.2) is 76.2 Å². The van der Waals surface area contributed by atoms with E-state index in [0.29, 0.717) is 16.9 Å². The normalized spacial score (nSPS) is 10.7. The minimum Gasteiger partial charge on any atom is -0.497 e. The Balaban J connectivity index is 0.000000176. The summed E-state index contributed by atoms with van der Waals surface area (Å²) in [5.41, 5.74) is 11.1. The molecule has 3 heterocycles. The quantitative estimate of drug-likeness (QED) is 0.147. The van der Waals surface area contributed by atoms with Crippen LogP contribution < -0.4 is 18.9 Å². The average molecular weight is 813 g/mol. The summed E-state index contributed by atoms with van der Waals surface area (Å²) in [6.07, 6.45) is 0. The zero-order valence-electron chi connectivity index (χ0n) is 34.5. The second-order valence-electron chi connectivity index (χ2n) is 13.0. The molecule has 1 N–H and O–H groups in total. The number of benzene rings is 6. The van der Waals surface area contributed by atoms with Gasteiger partial charge >= 0.3 is 0 Å². The number of aromatic amines is 1. The number of rotatable bonds is 9. The molecule has 6 aromatic carbocycles. The molecule has 3 aromatic heterocycles. The average Bonchev–Trinajstić information content (AvgIpc) is 3.89. The summed E-state index contributed by atoms with van der Waals surface area (Å²) in [6, 6.07) is 44.2. The molecule has 13 nitrogen and oxygen atoms in total. The molecule has 302 valence electrons. The van der Waals surface area contributed by atoms with E-state index in [1.807, 2.05) is 121 Å². The van der Waals surface area contributed by atoms with E-state index in [4.69, 9.17) is 40.3 Å². The van der Waals surface area contributed by atoms with Crippen LogP contribution in [0.1, 0.15) is 6.93 Å². The zero-order chi connectivity index (χ0) is 43.4. The summed E-state index contributed by atoms with van der Waals surface area (Å²) >= 11 is 0. The number of hydrogen-bond acceptors (Lipinski definition) is 12. The molecular weight excluding hydrogens is 774 g/mol. The molecule has 0 bridgehead atoms. The molecular formula is C47H38FN9O4. The number of ether oxygens (including phenoxy) is 4. The lowest BCUT2D eigenvalue weighted by Gasteiger charge is -2.12. The molecule has 0 aliphatic rings. The van der Waals surface area contributed by atoms with Crippen molar-refractivity contribution in [3.8, 4) is 85.5 Å². The highest BCUT2D eigenvalue weighted by molar-refractivity contribution is 5.89. The number of nitrogens with zero attached hydrogens (tertiary/aromatic N) is 8. The fraction of sp³-hybridized carbons (Fsp3) is 0.106. The van der Waals surface area contributed by atoms with Crippen LogP contribution in [0.2, 0.25) is 0 Å². The van der Waals surface area contributed by atoms with Gasteiger partial charge in [-0.2, -0.15) is 10.5 Å². The summed E-state index contributed by atoms with van der Waals surface area (Å²) in [6.45, 7) is 0. The number of methoxy groups -OCH3 is 4. The molecule has 61 heavy (non-hydrogen) atoms. The van der Waals surface area contributed by atoms with Crippen molar-refractivity contribution in [1.29, 1.82) is 5.26 Å². The van der Waals surface area contributed by atoms with Gasteiger partial charge in [-0.05, 0) is 139 Å². The van der Waals surface area contributed by atoms with E-state index in [0.717, 1.165) is 90.1 Å². The van der Waals surface area contributed by atoms with Gasteiger partial charge in [0, 0.05) is 27.8 Å². The van der Waals surface area contributed by atoms with Gasteiger partial charge in [0.2, 0.25) is 5.82 Å². The third-order valence-electron chi connectivity index (χ3n) is 9.51. The summed E-state index contributed by atoms with van der Waals surface area (Å²) < 4.78 is 36.6. The lowest BCUT2D eigenvalue weighted by Crippen LogP contribution is -1.96. The molecule has 0 saturated carbocycles. The minimum atomic E-state index is -1.00. The molecule has 9 aromatic rings. The molecule has 0 fully saturated rings. The second kappa shape index (κ2) is 19.0. The van der Waals surface area contributed by atoms with Crippen molar-refractivity contribution >= 4 is 22.1 Å². The molecule has 0 atom stereocenters. The number of tetrazole rings is 1. The van der Waals surface area contributed by atoms with Crippen molar-refractivity contribution in [2.24, 2.45) is 0 Å². The number of nitriles is 1. The smallest absolute Gasteiger partial charge is 0.204 e. The van der Waals surface area contributed by atoms with Gasteiger partial charge < -0.3 is 18.9 Å². The second-order valence-corrected chi connectivity index (χ2v) is 13.0. The van der Waals surface area contributed by atoms with Crippen LogP contribution in [-0.2, 0) is 0 Å². The first-order valence-electron chi connectivity index (χ1n) is 19.3. The monoisotopic (exact) mass is 812 g/mol. The van der Waals surface area contributed by atoms with Gasteiger partial charge in [0.1, 0.15) is 23.0 Å². The first-order valence-corrected chi connectivity index (χ1v) is 18.6. The van der Waals surface area contributed by atoms with Gasteiger partial charge in [-0.25, -0.2) is 19.9 Å². The number of alkyl halides is 1. The summed E-state index contributed by atoms with van der Waals surface area (Å²) in [5.74, 6) is 3.63. The topological polar surface area (TPSA) is 167 Å². The first kappa shape index (κ1) is 39.5. The predicted octanol–water partition coefficient (Wildman–Crippen LogP) is 9.60. The highest BCUT2D eigenvalue weighted by Crippen LogP contribution is 2.35. The number of nitrogens with one attached hydrogen (secondary N) is 1. The van der Waals surface area contributed by atoms with Crippen molar-refractivity contribution in [3.63, 3.8) is 0 Å². The Bertz CT molecular complexity index is 2950. The molecule has 9 rings (SSSR count). The van der Waals surface area contributed by atoms with Crippen LogP contribution in [0, 0.1) is 11.3 Å². The van der Waals surface area contributed by atoms with Gasteiger partial charge in [-0.15, -0.1) is 10.2 Å². The van der Waals surface area contributed by atoms with E-state index in [1.54, 1.807) is 40.6 Å². The van der Waals surface area contributed by atoms with E-state index in [1.165, 1.54) is 0 Å². The van der Waals surface area contributed by atoms with E-state index in [9.17, 15) is 9.65 Å². The SMILES string of the molecule is COc1ccc(-c2nc3ccc(-c4nn[nH]n4)cc3nc2-c2ccc(OC)cc2)cc1.COc1ccc(-c2nc3ccc(C#N)cc3nc2-c2ccc(OC)cc2)cc1.[2H]CF. The van der Waals surface area contributed by atoms with Crippen molar-refractivity contribution in [1.82, 2.24) is 40.6 Å². The first-order chi connectivity index (χ1) is 30.4. The van der Waals surface area contributed by atoms with E-state index in [2.05, 4.69) is 26.7 Å². The van der Waals surface area contributed by atoms with Gasteiger partial charge in [0.15, 0.2) is 0 Å². The van der Waals surface area contributed by atoms with Crippen LogP contribution in [0.25, 0.3) is 78.5 Å². The van der Waals surface area contributed by atoms with Crippen molar-refractivity contribution in [2.75, 3.05) is 35.6 Å². The predicted molar refractivity (Wildman–Crippen MR) is 232 cm³/mol. The Labute approximate surface area is 351 Å². The van der Waals surface area contributed by atoms with Crippen molar-refractivity contribution < 1.29 is 24.7 Å². The molecule has 0 aliphatic heterocycles. The maximum absolute atomic E-state index is 9.96. The number of H-pyrrole nitrogens is 1. The summed E-state index contributed by atoms with van der Waals surface area (Å²) in [5, 5.41) is 23.4. The molecule has 14 heteroatoms. The maximum atomic E-state index is 9.96. The Morgan fingerprint density at radius 3 is 1.18 bits per heavy atom. The summed E-state index contributed by atoms with van der Waals surface area (Å²) in [7, 11) is 5.57. The number of fused-ring (bicyclic) bond motifs is 2. The zero-order valence-corrected chi connectivity index (χ0v) is 33.5. The van der Waals surface area contributed by atoms with Gasteiger partial charge in [0.05, 0.1) is 93.4 Å². The van der Waals surface area contributed by atoms with Crippen LogP contribution in [0.5, 0.6) is 23.0 Å².